The molecular weight excluding hydrogens is 548 g/mol. The van der Waals surface area contributed by atoms with Crippen LogP contribution in [0.3, 0.4) is 0 Å². The summed E-state index contributed by atoms with van der Waals surface area (Å²) in [4.78, 5) is 58.1. The molecule has 1 aliphatic rings. The second-order valence-corrected chi connectivity index (χ2v) is 9.05. The van der Waals surface area contributed by atoms with Gasteiger partial charge in [0.1, 0.15) is 0 Å². The molecule has 1 heterocycles. The predicted molar refractivity (Wildman–Crippen MR) is 142 cm³/mol. The fourth-order valence-corrected chi connectivity index (χ4v) is 4.55. The number of carbonyl (C=O) groups excluding carboxylic acids is 2. The standard InChI is InChI=1S/C25H18N4O10S/c1-2-38-22-11-15(7-9-21(22)39-20-10-8-17(27(32)33)13-19(20)29(36)37)12-23-24(30)26(25(31)40-23)14-16-5-3-4-6-18(16)28(34)35/h3-13H,2,14H2,1H3/b23-12-. The van der Waals surface area contributed by atoms with Crippen LogP contribution < -0.4 is 9.47 Å². The number of nitro groups is 3. The van der Waals surface area contributed by atoms with Gasteiger partial charge in [-0.05, 0) is 48.5 Å². The molecule has 3 aromatic carbocycles. The average molecular weight is 567 g/mol. The van der Waals surface area contributed by atoms with Crippen molar-refractivity contribution < 1.29 is 33.8 Å². The van der Waals surface area contributed by atoms with Crippen LogP contribution in [-0.4, -0.2) is 37.4 Å². The van der Waals surface area contributed by atoms with Gasteiger partial charge in [-0.3, -0.25) is 44.8 Å². The molecule has 0 saturated carbocycles. The molecule has 204 valence electrons. The van der Waals surface area contributed by atoms with Gasteiger partial charge in [0.25, 0.3) is 22.5 Å². The van der Waals surface area contributed by atoms with E-state index >= 15 is 0 Å². The maximum absolute atomic E-state index is 13.0. The first kappa shape index (κ1) is 27.7. The molecule has 0 unspecified atom stereocenters. The zero-order chi connectivity index (χ0) is 29.0. The molecule has 0 N–H and O–H groups in total. The number of nitrogens with zero attached hydrogens (tertiary/aromatic N) is 4. The van der Waals surface area contributed by atoms with Crippen LogP contribution in [0.4, 0.5) is 21.9 Å². The third-order valence-corrected chi connectivity index (χ3v) is 6.43. The van der Waals surface area contributed by atoms with E-state index in [1.54, 1.807) is 13.0 Å². The normalized spacial score (nSPS) is 13.9. The highest BCUT2D eigenvalue weighted by Crippen LogP contribution is 2.40. The quantitative estimate of drug-likeness (QED) is 0.163. The summed E-state index contributed by atoms with van der Waals surface area (Å²) in [5, 5.41) is 33.2. The third kappa shape index (κ3) is 5.88. The van der Waals surface area contributed by atoms with Gasteiger partial charge < -0.3 is 9.47 Å². The molecule has 1 saturated heterocycles. The van der Waals surface area contributed by atoms with Crippen LogP contribution in [-0.2, 0) is 11.3 Å². The van der Waals surface area contributed by atoms with Crippen molar-refractivity contribution in [1.82, 2.24) is 4.90 Å². The lowest BCUT2D eigenvalue weighted by Gasteiger charge is -2.13. The second-order valence-electron chi connectivity index (χ2n) is 8.06. The Bertz CT molecular complexity index is 1590. The lowest BCUT2D eigenvalue weighted by atomic mass is 10.1. The molecule has 4 rings (SSSR count). The lowest BCUT2D eigenvalue weighted by Crippen LogP contribution is -2.27. The van der Waals surface area contributed by atoms with Gasteiger partial charge in [-0.25, -0.2) is 0 Å². The number of imide groups is 1. The number of carbonyl (C=O) groups is 2. The summed E-state index contributed by atoms with van der Waals surface area (Å²) >= 11 is 0.672. The van der Waals surface area contributed by atoms with Gasteiger partial charge >= 0.3 is 5.69 Å². The Morgan fingerprint density at radius 2 is 1.55 bits per heavy atom. The number of rotatable bonds is 10. The number of hydrogen-bond acceptors (Lipinski definition) is 11. The van der Waals surface area contributed by atoms with Gasteiger partial charge in [0.2, 0.25) is 5.75 Å². The van der Waals surface area contributed by atoms with Crippen LogP contribution in [0.25, 0.3) is 6.08 Å². The number of hydrogen-bond donors (Lipinski definition) is 0. The van der Waals surface area contributed by atoms with Crippen molar-refractivity contribution in [2.45, 2.75) is 13.5 Å². The highest BCUT2D eigenvalue weighted by Gasteiger charge is 2.36. The average Bonchev–Trinajstić information content (AvgIpc) is 3.17. The summed E-state index contributed by atoms with van der Waals surface area (Å²) < 4.78 is 11.3. The molecule has 0 bridgehead atoms. The van der Waals surface area contributed by atoms with Crippen molar-refractivity contribution >= 4 is 46.0 Å². The molecular formula is C25H18N4O10S. The van der Waals surface area contributed by atoms with E-state index in [1.165, 1.54) is 42.5 Å². The fraction of sp³-hybridized carbons (Fsp3) is 0.120. The number of non-ortho nitro benzene ring substituents is 1. The van der Waals surface area contributed by atoms with Gasteiger partial charge in [-0.15, -0.1) is 0 Å². The summed E-state index contributed by atoms with van der Waals surface area (Å²) in [6.45, 7) is 1.61. The third-order valence-electron chi connectivity index (χ3n) is 5.53. The number of amides is 2. The predicted octanol–water partition coefficient (Wildman–Crippen LogP) is 5.84. The van der Waals surface area contributed by atoms with Crippen LogP contribution in [0.15, 0.2) is 65.6 Å². The van der Waals surface area contributed by atoms with Crippen LogP contribution in [0.1, 0.15) is 18.1 Å². The van der Waals surface area contributed by atoms with Crippen molar-refractivity contribution in [2.24, 2.45) is 0 Å². The van der Waals surface area contributed by atoms with Gasteiger partial charge in [0.05, 0.1) is 38.9 Å². The highest BCUT2D eigenvalue weighted by atomic mass is 32.2. The Balaban J connectivity index is 1.60. The zero-order valence-electron chi connectivity index (χ0n) is 20.5. The molecule has 3 aromatic rings. The summed E-state index contributed by atoms with van der Waals surface area (Å²) in [7, 11) is 0. The molecule has 15 heteroatoms. The van der Waals surface area contributed by atoms with E-state index in [0.717, 1.165) is 23.1 Å². The molecule has 2 amide bonds. The number of nitro benzene ring substituents is 3. The van der Waals surface area contributed by atoms with Crippen molar-refractivity contribution in [3.8, 4) is 17.2 Å². The van der Waals surface area contributed by atoms with E-state index in [9.17, 15) is 39.9 Å². The monoisotopic (exact) mass is 566 g/mol. The van der Waals surface area contributed by atoms with Crippen molar-refractivity contribution in [3.05, 3.63) is 107 Å². The Morgan fingerprint density at radius 3 is 2.23 bits per heavy atom. The minimum Gasteiger partial charge on any atom is -0.490 e. The topological polar surface area (TPSA) is 185 Å². The van der Waals surface area contributed by atoms with Crippen molar-refractivity contribution in [1.29, 1.82) is 0 Å². The second kappa shape index (κ2) is 11.6. The summed E-state index contributed by atoms with van der Waals surface area (Å²) in [6.07, 6.45) is 1.44. The van der Waals surface area contributed by atoms with E-state index in [1.807, 2.05) is 0 Å². The van der Waals surface area contributed by atoms with Gasteiger partial charge in [-0.1, -0.05) is 24.3 Å². The minimum atomic E-state index is -0.808. The van der Waals surface area contributed by atoms with Crippen molar-refractivity contribution in [3.63, 3.8) is 0 Å². The molecule has 0 aromatic heterocycles. The van der Waals surface area contributed by atoms with Gasteiger partial charge in [0, 0.05) is 17.7 Å². The van der Waals surface area contributed by atoms with Crippen LogP contribution >= 0.6 is 11.8 Å². The number of ether oxygens (including phenoxy) is 2. The molecule has 40 heavy (non-hydrogen) atoms. The molecule has 1 aliphatic heterocycles. The van der Waals surface area contributed by atoms with Crippen LogP contribution in [0, 0.1) is 30.3 Å². The number of thioether (sulfide) groups is 1. The molecule has 0 spiro atoms. The minimum absolute atomic E-state index is 0.0699. The zero-order valence-corrected chi connectivity index (χ0v) is 21.4. The molecule has 0 aliphatic carbocycles. The first-order valence-electron chi connectivity index (χ1n) is 11.4. The van der Waals surface area contributed by atoms with E-state index < -0.39 is 37.3 Å². The Hall–Kier alpha value is -5.31. The van der Waals surface area contributed by atoms with E-state index in [2.05, 4.69) is 0 Å². The Labute approximate surface area is 229 Å². The number of para-hydroxylation sites is 1. The molecule has 0 atom stereocenters. The van der Waals surface area contributed by atoms with Crippen LogP contribution in [0.2, 0.25) is 0 Å². The van der Waals surface area contributed by atoms with Gasteiger partial charge in [0.15, 0.2) is 11.5 Å². The molecule has 0 radical (unpaired) electrons. The first-order valence-corrected chi connectivity index (χ1v) is 12.3. The first-order chi connectivity index (χ1) is 19.1. The number of benzene rings is 3. The largest absolute Gasteiger partial charge is 0.490 e. The maximum atomic E-state index is 13.0. The van der Waals surface area contributed by atoms with E-state index in [-0.39, 0.29) is 46.6 Å². The van der Waals surface area contributed by atoms with E-state index in [4.69, 9.17) is 9.47 Å². The fourth-order valence-electron chi connectivity index (χ4n) is 3.71. The molecule has 14 nitrogen and oxygen atoms in total. The Kier molecular flexibility index (Phi) is 8.04. The van der Waals surface area contributed by atoms with Gasteiger partial charge in [-0.2, -0.15) is 0 Å². The summed E-state index contributed by atoms with van der Waals surface area (Å²) in [6, 6.07) is 13.2. The lowest BCUT2D eigenvalue weighted by molar-refractivity contribution is -0.394. The summed E-state index contributed by atoms with van der Waals surface area (Å²) in [5.41, 5.74) is -0.666. The highest BCUT2D eigenvalue weighted by molar-refractivity contribution is 8.18. The molecule has 1 fully saturated rings. The maximum Gasteiger partial charge on any atom is 0.318 e. The SMILES string of the molecule is CCOc1cc(/C=C2\SC(=O)N(Cc3ccccc3[N+](=O)[O-])C2=O)ccc1Oc1ccc([N+](=O)[O-])cc1[N+](=O)[O-]. The van der Waals surface area contributed by atoms with E-state index in [0.29, 0.717) is 17.3 Å². The smallest absolute Gasteiger partial charge is 0.318 e. The van der Waals surface area contributed by atoms with Crippen molar-refractivity contribution in [2.75, 3.05) is 6.61 Å². The van der Waals surface area contributed by atoms with Crippen LogP contribution in [0.5, 0.6) is 17.2 Å². The Morgan fingerprint density at radius 1 is 0.850 bits per heavy atom. The summed E-state index contributed by atoms with van der Waals surface area (Å²) in [5.74, 6) is -0.656.